The monoisotopic (exact) mass is 575 g/mol. The number of carbonyl (C=O) groups is 3. The van der Waals surface area contributed by atoms with E-state index in [1.165, 1.54) is 23.0 Å². The third-order valence-electron chi connectivity index (χ3n) is 10.3. The van der Waals surface area contributed by atoms with Crippen LogP contribution in [0.15, 0.2) is 30.5 Å². The number of piperazine rings is 1. The number of H-pyrrole nitrogens is 1. The first-order valence-electron chi connectivity index (χ1n) is 15.3. The van der Waals surface area contributed by atoms with Gasteiger partial charge in [0, 0.05) is 49.3 Å². The Bertz CT molecular complexity index is 1510. The summed E-state index contributed by atoms with van der Waals surface area (Å²) in [7, 11) is 3.58. The van der Waals surface area contributed by atoms with Crippen LogP contribution in [0.1, 0.15) is 51.7 Å². The molecule has 3 fully saturated rings. The maximum Gasteiger partial charge on any atom is 0.281 e. The van der Waals surface area contributed by atoms with Gasteiger partial charge in [-0.05, 0) is 55.0 Å². The molecular weight excluding hydrogens is 534 g/mol. The molecule has 2 aromatic rings. The van der Waals surface area contributed by atoms with Gasteiger partial charge in [-0.3, -0.25) is 28.9 Å². The second-order valence-electron chi connectivity index (χ2n) is 13.3. The number of ether oxygens (including phenoxy) is 2. The number of methoxy groups -OCH3 is 1. The Hall–Kier alpha value is -3.21. The molecule has 10 nitrogen and oxygen atoms in total. The molecule has 1 aromatic heterocycles. The largest absolute Gasteiger partial charge is 0.361 e. The maximum atomic E-state index is 14.6. The normalized spacial score (nSPS) is 34.2. The third-order valence-corrected chi connectivity index (χ3v) is 10.3. The first kappa shape index (κ1) is 27.6. The average molecular weight is 576 g/mol. The first-order valence-corrected chi connectivity index (χ1v) is 15.3. The fourth-order valence-electron chi connectivity index (χ4n) is 8.22. The predicted molar refractivity (Wildman–Crippen MR) is 157 cm³/mol. The zero-order valence-corrected chi connectivity index (χ0v) is 25.3. The highest BCUT2D eigenvalue weighted by atomic mass is 16.8. The Morgan fingerprint density at radius 2 is 2.00 bits per heavy atom. The number of rotatable bonds is 5. The number of nitrogens with zero attached hydrogens (tertiary/aromatic N) is 3. The Morgan fingerprint density at radius 3 is 2.71 bits per heavy atom. The second-order valence-corrected chi connectivity index (χ2v) is 13.3. The molecule has 10 heteroatoms. The zero-order valence-electron chi connectivity index (χ0n) is 25.3. The van der Waals surface area contributed by atoms with E-state index >= 15 is 0 Å². The Balaban J connectivity index is 1.27. The topological polar surface area (TPSA) is 107 Å². The number of aromatic amines is 1. The van der Waals surface area contributed by atoms with Crippen LogP contribution in [0, 0.1) is 17.8 Å². The van der Waals surface area contributed by atoms with E-state index in [0.29, 0.717) is 19.5 Å². The van der Waals surface area contributed by atoms with E-state index in [4.69, 9.17) is 9.47 Å². The van der Waals surface area contributed by atoms with Gasteiger partial charge in [-0.25, -0.2) is 0 Å². The van der Waals surface area contributed by atoms with Crippen molar-refractivity contribution < 1.29 is 23.9 Å². The standard InChI is InChI=1S/C32H41N5O5/c1-17(2)27-29(39)36-12-8-11-25(36)32(41-6)37(27)30(40)31(42-32,18(3)4)34-28(38)20-13-22-21-9-7-10-23-26(21)19(15-33-23)14-24(22)35(5)16-20/h7,9-10,13,15,17-18,20,24-25,27,33H,8,11-12,14,16H2,1-6H3,(H,34,38)/t20-,24+,25-,27-,31+,32-/m0/s1. The van der Waals surface area contributed by atoms with Crippen molar-refractivity contribution in [2.75, 3.05) is 27.2 Å². The van der Waals surface area contributed by atoms with Crippen molar-refractivity contribution in [3.63, 3.8) is 0 Å². The molecule has 0 spiro atoms. The fourth-order valence-corrected chi connectivity index (χ4v) is 8.22. The van der Waals surface area contributed by atoms with E-state index in [2.05, 4.69) is 46.7 Å². The van der Waals surface area contributed by atoms with Gasteiger partial charge in [0.25, 0.3) is 11.8 Å². The van der Waals surface area contributed by atoms with E-state index in [9.17, 15) is 14.4 Å². The predicted octanol–water partition coefficient (Wildman–Crippen LogP) is 2.69. The lowest BCUT2D eigenvalue weighted by Gasteiger charge is -2.51. The summed E-state index contributed by atoms with van der Waals surface area (Å²) in [6.45, 7) is 8.72. The minimum absolute atomic E-state index is 0.0803. The first-order chi connectivity index (χ1) is 20.0. The Kier molecular flexibility index (Phi) is 6.18. The second kappa shape index (κ2) is 9.39. The number of carbonyl (C=O) groups excluding carboxylic acids is 3. The van der Waals surface area contributed by atoms with Gasteiger partial charge in [0.15, 0.2) is 0 Å². The SMILES string of the molecule is CO[C@@]12O[C@](NC(=O)[C@H]3C=C4c5cccc6[nH]cc(c56)C[C@H]4N(C)C3)(C(C)C)C(=O)N1[C@@H](C(C)C)C(=O)N1CCC[C@H]12. The quantitative estimate of drug-likeness (QED) is 0.568. The van der Waals surface area contributed by atoms with Gasteiger partial charge in [-0.2, -0.15) is 0 Å². The van der Waals surface area contributed by atoms with Crippen molar-refractivity contribution in [1.29, 1.82) is 0 Å². The molecule has 5 aliphatic rings. The summed E-state index contributed by atoms with van der Waals surface area (Å²) in [6, 6.07) is 5.24. The van der Waals surface area contributed by atoms with Crippen LogP contribution in [0.2, 0.25) is 0 Å². The molecule has 4 aliphatic heterocycles. The van der Waals surface area contributed by atoms with Crippen LogP contribution >= 0.6 is 0 Å². The van der Waals surface area contributed by atoms with Gasteiger partial charge < -0.3 is 19.9 Å². The fraction of sp³-hybridized carbons (Fsp3) is 0.594. The number of benzene rings is 1. The van der Waals surface area contributed by atoms with Crippen molar-refractivity contribution in [2.24, 2.45) is 17.8 Å². The number of nitrogens with one attached hydrogen (secondary N) is 2. The van der Waals surface area contributed by atoms with Gasteiger partial charge in [0.2, 0.25) is 17.5 Å². The molecule has 0 saturated carbocycles. The lowest BCUT2D eigenvalue weighted by Crippen LogP contribution is -2.72. The Morgan fingerprint density at radius 1 is 1.21 bits per heavy atom. The molecule has 7 rings (SSSR count). The Labute approximate surface area is 246 Å². The molecule has 42 heavy (non-hydrogen) atoms. The highest BCUT2D eigenvalue weighted by molar-refractivity contribution is 6.01. The van der Waals surface area contributed by atoms with Crippen molar-refractivity contribution in [2.45, 2.75) is 76.7 Å². The lowest BCUT2D eigenvalue weighted by atomic mass is 9.79. The van der Waals surface area contributed by atoms with Crippen LogP contribution in [-0.4, -0.2) is 94.4 Å². The van der Waals surface area contributed by atoms with Crippen molar-refractivity contribution in [3.05, 3.63) is 41.6 Å². The molecular formula is C32H41N5O5. The smallest absolute Gasteiger partial charge is 0.281 e. The van der Waals surface area contributed by atoms with Crippen molar-refractivity contribution >= 4 is 34.2 Å². The van der Waals surface area contributed by atoms with Crippen molar-refractivity contribution in [3.8, 4) is 0 Å². The van der Waals surface area contributed by atoms with Crippen LogP contribution in [0.25, 0.3) is 16.5 Å². The summed E-state index contributed by atoms with van der Waals surface area (Å²) in [5, 5.41) is 4.31. The summed E-state index contributed by atoms with van der Waals surface area (Å²) in [5.74, 6) is -3.32. The number of hydrogen-bond acceptors (Lipinski definition) is 6. The number of hydrogen-bond donors (Lipinski definition) is 2. The van der Waals surface area contributed by atoms with Crippen LogP contribution in [0.3, 0.4) is 0 Å². The summed E-state index contributed by atoms with van der Waals surface area (Å²) >= 11 is 0. The van der Waals surface area contributed by atoms with Gasteiger partial charge in [-0.15, -0.1) is 0 Å². The molecule has 3 saturated heterocycles. The number of likely N-dealkylation sites (N-methyl/N-ethyl adjacent to an activating group) is 1. The molecule has 1 aliphatic carbocycles. The minimum atomic E-state index is -1.67. The van der Waals surface area contributed by atoms with Gasteiger partial charge in [0.1, 0.15) is 12.1 Å². The van der Waals surface area contributed by atoms with Gasteiger partial charge in [-0.1, -0.05) is 45.9 Å². The molecule has 224 valence electrons. The molecule has 2 N–H and O–H groups in total. The highest BCUT2D eigenvalue weighted by Gasteiger charge is 2.73. The summed E-state index contributed by atoms with van der Waals surface area (Å²) in [4.78, 5) is 51.4. The molecule has 0 bridgehead atoms. The number of fused-ring (bicyclic) bond motifs is 5. The molecule has 1 aromatic carbocycles. The molecule has 3 amide bonds. The zero-order chi connectivity index (χ0) is 29.7. The van der Waals surface area contributed by atoms with E-state index < -0.39 is 41.5 Å². The van der Waals surface area contributed by atoms with Gasteiger partial charge >= 0.3 is 0 Å². The summed E-state index contributed by atoms with van der Waals surface area (Å²) < 4.78 is 12.9. The number of aromatic nitrogens is 1. The van der Waals surface area contributed by atoms with E-state index in [1.54, 1.807) is 0 Å². The number of amides is 3. The van der Waals surface area contributed by atoms with E-state index in [-0.39, 0.29) is 23.8 Å². The minimum Gasteiger partial charge on any atom is -0.361 e. The summed E-state index contributed by atoms with van der Waals surface area (Å²) in [5.41, 5.74) is 2.99. The van der Waals surface area contributed by atoms with Crippen molar-refractivity contribution in [1.82, 2.24) is 25.0 Å². The van der Waals surface area contributed by atoms with E-state index in [1.807, 2.05) is 38.7 Å². The van der Waals surface area contributed by atoms with Gasteiger partial charge in [0.05, 0.1) is 5.92 Å². The third kappa shape index (κ3) is 3.51. The van der Waals surface area contributed by atoms with Crippen LogP contribution in [-0.2, 0) is 30.3 Å². The highest BCUT2D eigenvalue weighted by Crippen LogP contribution is 2.50. The van der Waals surface area contributed by atoms with Crippen LogP contribution in [0.4, 0.5) is 0 Å². The molecule has 5 heterocycles. The van der Waals surface area contributed by atoms with Crippen LogP contribution in [0.5, 0.6) is 0 Å². The maximum absolute atomic E-state index is 14.6. The molecule has 0 radical (unpaired) electrons. The summed E-state index contributed by atoms with van der Waals surface area (Å²) in [6.07, 6.45) is 6.51. The lowest BCUT2D eigenvalue weighted by molar-refractivity contribution is -0.335. The van der Waals surface area contributed by atoms with E-state index in [0.717, 1.165) is 29.5 Å². The van der Waals surface area contributed by atoms with Crippen LogP contribution < -0.4 is 5.32 Å². The average Bonchev–Trinajstić information content (AvgIpc) is 3.68. The molecule has 6 atom stereocenters. The molecule has 0 unspecified atom stereocenters.